The second-order valence-electron chi connectivity index (χ2n) is 5.72. The van der Waals surface area contributed by atoms with Crippen molar-refractivity contribution in [1.82, 2.24) is 5.32 Å². The maximum absolute atomic E-state index is 11.9. The topological polar surface area (TPSA) is 92.4 Å². The van der Waals surface area contributed by atoms with Crippen LogP contribution in [0.25, 0.3) is 0 Å². The lowest BCUT2D eigenvalue weighted by molar-refractivity contribution is -0.147. The van der Waals surface area contributed by atoms with Gasteiger partial charge in [0.1, 0.15) is 5.54 Å². The lowest BCUT2D eigenvalue weighted by Crippen LogP contribution is -2.58. The molecule has 0 fully saturated rings. The van der Waals surface area contributed by atoms with Crippen molar-refractivity contribution in [2.24, 2.45) is 11.1 Å². The summed E-state index contributed by atoms with van der Waals surface area (Å²) in [7, 11) is 0. The summed E-state index contributed by atoms with van der Waals surface area (Å²) in [4.78, 5) is 23.0. The average molecular weight is 244 g/mol. The van der Waals surface area contributed by atoms with Crippen LogP contribution in [0.2, 0.25) is 0 Å². The fourth-order valence-electron chi connectivity index (χ4n) is 1.47. The Hall–Kier alpha value is -1.10. The normalized spacial score (nSPS) is 17.1. The maximum atomic E-state index is 11.9. The predicted molar refractivity (Wildman–Crippen MR) is 66.5 cm³/mol. The van der Waals surface area contributed by atoms with Gasteiger partial charge in [0.2, 0.25) is 5.91 Å². The number of amides is 1. The number of rotatable bonds is 5. The Morgan fingerprint density at radius 3 is 2.06 bits per heavy atom. The monoisotopic (exact) mass is 244 g/mol. The van der Waals surface area contributed by atoms with Gasteiger partial charge in [0, 0.05) is 0 Å². The smallest absolute Gasteiger partial charge is 0.329 e. The molecule has 0 aliphatic carbocycles. The molecule has 1 unspecified atom stereocenters. The fraction of sp³-hybridized carbons (Fsp3) is 0.833. The molecular formula is C12H24N2O3. The number of carbonyl (C=O) groups excluding carboxylic acids is 1. The van der Waals surface area contributed by atoms with Crippen molar-refractivity contribution in [3.63, 3.8) is 0 Å². The molecular weight excluding hydrogens is 220 g/mol. The van der Waals surface area contributed by atoms with E-state index in [0.29, 0.717) is 12.8 Å². The van der Waals surface area contributed by atoms with Gasteiger partial charge in [-0.2, -0.15) is 0 Å². The van der Waals surface area contributed by atoms with Crippen molar-refractivity contribution < 1.29 is 14.7 Å². The van der Waals surface area contributed by atoms with Crippen molar-refractivity contribution in [1.29, 1.82) is 0 Å². The van der Waals surface area contributed by atoms with Gasteiger partial charge in [0.25, 0.3) is 0 Å². The van der Waals surface area contributed by atoms with Gasteiger partial charge in [-0.05, 0) is 18.8 Å². The predicted octanol–water partition coefficient (Wildman–Crippen LogP) is 1.12. The third kappa shape index (κ3) is 4.34. The van der Waals surface area contributed by atoms with E-state index in [0.717, 1.165) is 0 Å². The number of hydrogen-bond donors (Lipinski definition) is 3. The number of nitrogens with one attached hydrogen (secondary N) is 1. The van der Waals surface area contributed by atoms with E-state index >= 15 is 0 Å². The Morgan fingerprint density at radius 2 is 1.76 bits per heavy atom. The second-order valence-corrected chi connectivity index (χ2v) is 5.72. The van der Waals surface area contributed by atoms with Crippen molar-refractivity contribution in [3.05, 3.63) is 0 Å². The van der Waals surface area contributed by atoms with E-state index in [-0.39, 0.29) is 0 Å². The lowest BCUT2D eigenvalue weighted by Gasteiger charge is -2.31. The Morgan fingerprint density at radius 1 is 1.29 bits per heavy atom. The molecule has 0 aromatic heterocycles. The van der Waals surface area contributed by atoms with Crippen LogP contribution < -0.4 is 11.1 Å². The van der Waals surface area contributed by atoms with Crippen LogP contribution in [0.3, 0.4) is 0 Å². The number of carboxylic acids is 1. The molecule has 17 heavy (non-hydrogen) atoms. The highest BCUT2D eigenvalue weighted by Crippen LogP contribution is 2.19. The van der Waals surface area contributed by atoms with Crippen LogP contribution in [-0.2, 0) is 9.59 Å². The third-order valence-electron chi connectivity index (χ3n) is 2.84. The summed E-state index contributed by atoms with van der Waals surface area (Å²) < 4.78 is 0. The van der Waals surface area contributed by atoms with Gasteiger partial charge < -0.3 is 16.2 Å². The van der Waals surface area contributed by atoms with Crippen LogP contribution in [0, 0.1) is 5.41 Å². The molecule has 5 heteroatoms. The first-order valence-corrected chi connectivity index (χ1v) is 5.85. The molecule has 0 saturated heterocycles. The lowest BCUT2D eigenvalue weighted by atomic mass is 9.86. The molecule has 0 aliphatic rings. The van der Waals surface area contributed by atoms with Gasteiger partial charge >= 0.3 is 5.97 Å². The molecule has 0 spiro atoms. The van der Waals surface area contributed by atoms with E-state index in [4.69, 9.17) is 10.8 Å². The van der Waals surface area contributed by atoms with Gasteiger partial charge in [0.15, 0.2) is 0 Å². The summed E-state index contributed by atoms with van der Waals surface area (Å²) in [6.07, 6.45) is 1.05. The summed E-state index contributed by atoms with van der Waals surface area (Å²) in [6.45, 7) is 8.91. The molecule has 0 heterocycles. The molecule has 0 radical (unpaired) electrons. The van der Waals surface area contributed by atoms with Gasteiger partial charge in [-0.3, -0.25) is 4.79 Å². The summed E-state index contributed by atoms with van der Waals surface area (Å²) in [6, 6.07) is -0.724. The van der Waals surface area contributed by atoms with E-state index in [9.17, 15) is 9.59 Å². The van der Waals surface area contributed by atoms with Crippen molar-refractivity contribution in [2.75, 3.05) is 0 Å². The van der Waals surface area contributed by atoms with E-state index in [1.54, 1.807) is 0 Å². The van der Waals surface area contributed by atoms with Gasteiger partial charge in [-0.25, -0.2) is 4.79 Å². The number of aliphatic carboxylic acids is 1. The molecule has 0 aliphatic heterocycles. The highest BCUT2D eigenvalue weighted by atomic mass is 16.4. The first-order valence-electron chi connectivity index (χ1n) is 5.85. The molecule has 2 atom stereocenters. The Labute approximate surface area is 103 Å². The van der Waals surface area contributed by atoms with Crippen LogP contribution in [0.1, 0.15) is 47.5 Å². The number of carboxylic acid groups (broad SMARTS) is 1. The summed E-state index contributed by atoms with van der Waals surface area (Å²) in [5, 5.41) is 11.7. The Balaban J connectivity index is 4.80. The van der Waals surface area contributed by atoms with Gasteiger partial charge in [-0.1, -0.05) is 34.1 Å². The third-order valence-corrected chi connectivity index (χ3v) is 2.84. The first kappa shape index (κ1) is 15.9. The largest absolute Gasteiger partial charge is 0.480 e. The van der Waals surface area contributed by atoms with E-state index in [1.807, 2.05) is 27.7 Å². The minimum atomic E-state index is -1.24. The van der Waals surface area contributed by atoms with E-state index < -0.39 is 28.9 Å². The highest BCUT2D eigenvalue weighted by molar-refractivity contribution is 5.89. The summed E-state index contributed by atoms with van der Waals surface area (Å²) in [5.41, 5.74) is 4.16. The van der Waals surface area contributed by atoms with Crippen LogP contribution in [0.15, 0.2) is 0 Å². The summed E-state index contributed by atoms with van der Waals surface area (Å²) >= 11 is 0. The van der Waals surface area contributed by atoms with Crippen molar-refractivity contribution >= 4 is 11.9 Å². The van der Waals surface area contributed by atoms with Crippen LogP contribution in [-0.4, -0.2) is 28.6 Å². The maximum Gasteiger partial charge on any atom is 0.329 e. The quantitative estimate of drug-likeness (QED) is 0.675. The van der Waals surface area contributed by atoms with E-state index in [2.05, 4.69) is 5.32 Å². The molecule has 100 valence electrons. The summed E-state index contributed by atoms with van der Waals surface area (Å²) in [5.74, 6) is -1.45. The Kier molecular flexibility index (Phi) is 5.13. The molecule has 0 saturated carbocycles. The molecule has 0 rings (SSSR count). The minimum Gasteiger partial charge on any atom is -0.480 e. The van der Waals surface area contributed by atoms with Crippen LogP contribution in [0.4, 0.5) is 0 Å². The molecule has 5 nitrogen and oxygen atoms in total. The number of hydrogen-bond acceptors (Lipinski definition) is 3. The fourth-order valence-corrected chi connectivity index (χ4v) is 1.47. The van der Waals surface area contributed by atoms with Crippen LogP contribution in [0.5, 0.6) is 0 Å². The number of carbonyl (C=O) groups is 2. The highest BCUT2D eigenvalue weighted by Gasteiger charge is 2.37. The zero-order valence-electron chi connectivity index (χ0n) is 11.3. The minimum absolute atomic E-state index is 0.380. The zero-order valence-corrected chi connectivity index (χ0v) is 11.3. The van der Waals surface area contributed by atoms with Crippen LogP contribution >= 0.6 is 0 Å². The van der Waals surface area contributed by atoms with E-state index in [1.165, 1.54) is 6.92 Å². The molecule has 0 bridgehead atoms. The molecule has 4 N–H and O–H groups in total. The van der Waals surface area contributed by atoms with Gasteiger partial charge in [-0.15, -0.1) is 0 Å². The van der Waals surface area contributed by atoms with Gasteiger partial charge in [0.05, 0.1) is 6.04 Å². The molecule has 0 aromatic carbocycles. The van der Waals surface area contributed by atoms with Crippen molar-refractivity contribution in [3.8, 4) is 0 Å². The second kappa shape index (κ2) is 5.49. The zero-order chi connectivity index (χ0) is 13.9. The first-order chi connectivity index (χ1) is 7.54. The molecule has 1 amide bonds. The molecule has 0 aromatic rings. The Bertz CT molecular complexity index is 297. The average Bonchev–Trinajstić information content (AvgIpc) is 2.15. The standard InChI is InChI=1S/C12H24N2O3/c1-6-7-12(5,10(16)17)14-9(15)8(13)11(2,3)4/h8H,6-7,13H2,1-5H3,(H,14,15)(H,16,17)/t8-,12?/m0/s1. The SMILES string of the molecule is CCCC(C)(NC(=O)[C@H](N)C(C)(C)C)C(=O)O. The number of nitrogens with two attached hydrogens (primary N) is 1. The van der Waals surface area contributed by atoms with Crippen molar-refractivity contribution in [2.45, 2.75) is 59.0 Å².